The predicted molar refractivity (Wildman–Crippen MR) is 139 cm³/mol. The molecule has 2 aromatic heterocycles. The Hall–Kier alpha value is -4.18. The first kappa shape index (κ1) is 24.5. The van der Waals surface area contributed by atoms with Crippen molar-refractivity contribution in [3.8, 4) is 17.2 Å². The van der Waals surface area contributed by atoms with Gasteiger partial charge in [-0.1, -0.05) is 0 Å². The van der Waals surface area contributed by atoms with Gasteiger partial charge in [-0.25, -0.2) is 13.8 Å². The summed E-state index contributed by atoms with van der Waals surface area (Å²) in [4.78, 5) is 30.8. The highest BCUT2D eigenvalue weighted by Gasteiger charge is 2.28. The molecule has 10 heteroatoms. The highest BCUT2D eigenvalue weighted by Crippen LogP contribution is 2.43. The lowest BCUT2D eigenvalue weighted by molar-refractivity contribution is 0.102. The summed E-state index contributed by atoms with van der Waals surface area (Å²) in [5.74, 6) is 0.0878. The number of ether oxygens (including phenoxy) is 1. The van der Waals surface area contributed by atoms with Crippen LogP contribution in [0.3, 0.4) is 0 Å². The van der Waals surface area contributed by atoms with Crippen LogP contribution in [0.5, 0.6) is 11.5 Å². The van der Waals surface area contributed by atoms with Crippen molar-refractivity contribution in [1.29, 1.82) is 0 Å². The molecule has 0 fully saturated rings. The van der Waals surface area contributed by atoms with E-state index in [0.29, 0.717) is 17.3 Å². The number of fused-ring (bicyclic) bond motifs is 1. The Labute approximate surface area is 215 Å². The first-order valence-corrected chi connectivity index (χ1v) is 12.4. The maximum absolute atomic E-state index is 14.9. The third-order valence-electron chi connectivity index (χ3n) is 5.61. The molecule has 37 heavy (non-hydrogen) atoms. The number of nitrogens with zero attached hydrogens (tertiary/aromatic N) is 2. The van der Waals surface area contributed by atoms with Gasteiger partial charge in [-0.05, 0) is 62.4 Å². The van der Waals surface area contributed by atoms with E-state index < -0.39 is 23.1 Å². The Balaban J connectivity index is 1.34. The predicted octanol–water partition coefficient (Wildman–Crippen LogP) is 5.85. The molecule has 1 aliphatic rings. The quantitative estimate of drug-likeness (QED) is 0.343. The molecule has 1 amide bonds. The molecular weight excluding hydrogens is 498 g/mol. The number of aromatic nitrogens is 2. The number of nitrogens with one attached hydrogen (secondary N) is 2. The molecular formula is C27H22F2N4O3S. The third kappa shape index (κ3) is 5.19. The van der Waals surface area contributed by atoms with Crippen LogP contribution in [-0.4, -0.2) is 26.8 Å². The fourth-order valence-corrected chi connectivity index (χ4v) is 4.87. The number of halogens is 2. The van der Waals surface area contributed by atoms with Gasteiger partial charge < -0.3 is 15.4 Å². The highest BCUT2D eigenvalue weighted by molar-refractivity contribution is 7.99. The van der Waals surface area contributed by atoms with Crippen LogP contribution in [0.2, 0.25) is 0 Å². The largest absolute Gasteiger partial charge is 0.453 e. The van der Waals surface area contributed by atoms with Crippen LogP contribution in [0.4, 0.5) is 20.3 Å². The van der Waals surface area contributed by atoms with Gasteiger partial charge in [0, 0.05) is 47.2 Å². The molecule has 5 rings (SSSR count). The number of pyridine rings is 2. The van der Waals surface area contributed by atoms with Gasteiger partial charge in [-0.3, -0.25) is 14.2 Å². The van der Waals surface area contributed by atoms with Crippen LogP contribution in [0.25, 0.3) is 5.69 Å². The Morgan fingerprint density at radius 1 is 1.11 bits per heavy atom. The van der Waals surface area contributed by atoms with Crippen LogP contribution in [0.15, 0.2) is 82.7 Å². The Bertz CT molecular complexity index is 1550. The molecule has 0 saturated carbocycles. The van der Waals surface area contributed by atoms with E-state index in [1.165, 1.54) is 59.3 Å². The van der Waals surface area contributed by atoms with Crippen LogP contribution in [0, 0.1) is 11.6 Å². The van der Waals surface area contributed by atoms with Crippen molar-refractivity contribution in [1.82, 2.24) is 9.55 Å². The molecule has 0 radical (unpaired) electrons. The number of carbonyl (C=O) groups excluding carboxylic acids is 1. The van der Waals surface area contributed by atoms with E-state index in [-0.39, 0.29) is 22.5 Å². The van der Waals surface area contributed by atoms with Gasteiger partial charge in [0.05, 0.1) is 4.90 Å². The van der Waals surface area contributed by atoms with Crippen molar-refractivity contribution in [2.45, 2.75) is 24.3 Å². The van der Waals surface area contributed by atoms with Crippen LogP contribution in [0.1, 0.15) is 24.2 Å². The normalized spacial score (nSPS) is 13.8. The van der Waals surface area contributed by atoms with Gasteiger partial charge >= 0.3 is 0 Å². The summed E-state index contributed by atoms with van der Waals surface area (Å²) in [5.41, 5.74) is -0.313. The smallest absolute Gasteiger partial charge is 0.267 e. The van der Waals surface area contributed by atoms with E-state index in [1.54, 1.807) is 24.0 Å². The van der Waals surface area contributed by atoms with Gasteiger partial charge in [0.2, 0.25) is 0 Å². The summed E-state index contributed by atoms with van der Waals surface area (Å²) >= 11 is 1.58. The van der Waals surface area contributed by atoms with Crippen molar-refractivity contribution in [2.75, 3.05) is 16.4 Å². The molecule has 0 unspecified atom stereocenters. The van der Waals surface area contributed by atoms with Crippen molar-refractivity contribution in [3.05, 3.63) is 101 Å². The summed E-state index contributed by atoms with van der Waals surface area (Å²) in [6, 6.07) is 13.9. The second kappa shape index (κ2) is 9.70. The molecule has 0 aliphatic carbocycles. The zero-order chi connectivity index (χ0) is 26.2. The number of benzene rings is 2. The first-order chi connectivity index (χ1) is 17.7. The Kier molecular flexibility index (Phi) is 6.43. The maximum Gasteiger partial charge on any atom is 0.267 e. The summed E-state index contributed by atoms with van der Waals surface area (Å²) in [5, 5.41) is 5.89. The maximum atomic E-state index is 14.9. The van der Waals surface area contributed by atoms with E-state index in [4.69, 9.17) is 4.74 Å². The minimum absolute atomic E-state index is 0.0183. The third-order valence-corrected chi connectivity index (χ3v) is 7.16. The molecule has 0 saturated heterocycles. The standard InChI is InChI=1S/C27H22F2N4O3S/c1-27(2)15-37-23-22(11-12-30-24(23)32-27)36-21-10-7-17(14-20(21)29)31-25(34)19-4-3-13-33(26(19)35)18-8-5-16(28)6-9-18/h3-14H,15H2,1-2H3,(H,30,32)(H,31,34). The number of anilines is 2. The number of carbonyl (C=O) groups is 1. The molecule has 7 nitrogen and oxygen atoms in total. The van der Waals surface area contributed by atoms with Gasteiger partial charge in [-0.2, -0.15) is 0 Å². The van der Waals surface area contributed by atoms with Crippen LogP contribution in [-0.2, 0) is 0 Å². The number of thioether (sulfide) groups is 1. The zero-order valence-electron chi connectivity index (χ0n) is 19.9. The first-order valence-electron chi connectivity index (χ1n) is 11.4. The molecule has 0 bridgehead atoms. The summed E-state index contributed by atoms with van der Waals surface area (Å²) in [6.07, 6.45) is 3.07. The van der Waals surface area contributed by atoms with Gasteiger partial charge in [0.1, 0.15) is 22.9 Å². The number of rotatable bonds is 5. The number of amides is 1. The lowest BCUT2D eigenvalue weighted by atomic mass is 10.1. The molecule has 2 N–H and O–H groups in total. The second-order valence-electron chi connectivity index (χ2n) is 9.06. The molecule has 2 aromatic carbocycles. The minimum Gasteiger partial charge on any atom is -0.453 e. The average Bonchev–Trinajstić information content (AvgIpc) is 2.86. The summed E-state index contributed by atoms with van der Waals surface area (Å²) in [7, 11) is 0. The number of hydrogen-bond acceptors (Lipinski definition) is 6. The second-order valence-corrected chi connectivity index (χ2v) is 10.0. The van der Waals surface area contributed by atoms with Crippen molar-refractivity contribution in [2.24, 2.45) is 0 Å². The fraction of sp³-hybridized carbons (Fsp3) is 0.148. The van der Waals surface area contributed by atoms with Crippen molar-refractivity contribution in [3.63, 3.8) is 0 Å². The summed E-state index contributed by atoms with van der Waals surface area (Å²) in [6.45, 7) is 4.14. The molecule has 1 aliphatic heterocycles. The lowest BCUT2D eigenvalue weighted by Gasteiger charge is -2.32. The van der Waals surface area contributed by atoms with Crippen LogP contribution >= 0.6 is 11.8 Å². The van der Waals surface area contributed by atoms with E-state index in [2.05, 4.69) is 29.5 Å². The zero-order valence-corrected chi connectivity index (χ0v) is 20.7. The minimum atomic E-state index is -0.706. The molecule has 0 spiro atoms. The van der Waals surface area contributed by atoms with Crippen molar-refractivity contribution >= 4 is 29.2 Å². The Morgan fingerprint density at radius 3 is 2.65 bits per heavy atom. The van der Waals surface area contributed by atoms with Gasteiger partial charge in [-0.15, -0.1) is 11.8 Å². The topological polar surface area (TPSA) is 85.2 Å². The molecule has 188 valence electrons. The van der Waals surface area contributed by atoms with E-state index in [0.717, 1.165) is 16.7 Å². The molecule has 4 aromatic rings. The van der Waals surface area contributed by atoms with Gasteiger partial charge in [0.15, 0.2) is 11.6 Å². The Morgan fingerprint density at radius 2 is 1.89 bits per heavy atom. The van der Waals surface area contributed by atoms with Crippen LogP contribution < -0.4 is 20.9 Å². The summed E-state index contributed by atoms with van der Waals surface area (Å²) < 4.78 is 35.2. The molecule has 0 atom stereocenters. The molecule has 3 heterocycles. The average molecular weight is 521 g/mol. The van der Waals surface area contributed by atoms with E-state index >= 15 is 0 Å². The van der Waals surface area contributed by atoms with E-state index in [1.807, 2.05) is 0 Å². The van der Waals surface area contributed by atoms with Gasteiger partial charge in [0.25, 0.3) is 11.5 Å². The monoisotopic (exact) mass is 520 g/mol. The fourth-order valence-electron chi connectivity index (χ4n) is 3.80. The lowest BCUT2D eigenvalue weighted by Crippen LogP contribution is -2.36. The highest BCUT2D eigenvalue weighted by atomic mass is 32.2. The van der Waals surface area contributed by atoms with E-state index in [9.17, 15) is 18.4 Å². The number of hydrogen-bond donors (Lipinski definition) is 2. The van der Waals surface area contributed by atoms with Crippen molar-refractivity contribution < 1.29 is 18.3 Å². The SMILES string of the molecule is CC1(C)CSc2c(Oc3ccc(NC(=O)c4cccn(-c5ccc(F)cc5)c4=O)cc3F)ccnc2N1.